The maximum atomic E-state index is 4.34. The second kappa shape index (κ2) is 9.95. The maximum absolute atomic E-state index is 4.34. The molecule has 0 aliphatic heterocycles. The highest BCUT2D eigenvalue weighted by atomic mass is 127. The van der Waals surface area contributed by atoms with Gasteiger partial charge < -0.3 is 15.5 Å². The fourth-order valence-corrected chi connectivity index (χ4v) is 2.79. The Morgan fingerprint density at radius 1 is 1.30 bits per heavy atom. The van der Waals surface area contributed by atoms with Crippen LogP contribution in [0.4, 0.5) is 5.82 Å². The summed E-state index contributed by atoms with van der Waals surface area (Å²) in [5, 5.41) is 6.95. The van der Waals surface area contributed by atoms with Crippen molar-refractivity contribution in [3.63, 3.8) is 0 Å². The number of guanidine groups is 1. The van der Waals surface area contributed by atoms with E-state index in [0.717, 1.165) is 24.2 Å². The minimum Gasteiger partial charge on any atom is -0.363 e. The van der Waals surface area contributed by atoms with Crippen molar-refractivity contribution in [2.75, 3.05) is 26.0 Å². The molecule has 23 heavy (non-hydrogen) atoms. The van der Waals surface area contributed by atoms with Crippen LogP contribution in [0.15, 0.2) is 23.3 Å². The van der Waals surface area contributed by atoms with Gasteiger partial charge in [-0.15, -0.1) is 24.0 Å². The largest absolute Gasteiger partial charge is 0.363 e. The average molecular weight is 431 g/mol. The molecule has 0 spiro atoms. The quantitative estimate of drug-likeness (QED) is 0.437. The van der Waals surface area contributed by atoms with Gasteiger partial charge >= 0.3 is 0 Å². The highest BCUT2D eigenvalue weighted by molar-refractivity contribution is 14.0. The van der Waals surface area contributed by atoms with Crippen molar-refractivity contribution in [2.45, 2.75) is 45.2 Å². The van der Waals surface area contributed by atoms with Crippen molar-refractivity contribution in [1.82, 2.24) is 15.6 Å². The monoisotopic (exact) mass is 431 g/mol. The molecule has 2 rings (SSSR count). The van der Waals surface area contributed by atoms with Crippen molar-refractivity contribution in [3.05, 3.63) is 23.9 Å². The Balaban J connectivity index is 0.00000264. The predicted octanol–water partition coefficient (Wildman–Crippen LogP) is 3.01. The molecular formula is C17H30IN5. The van der Waals surface area contributed by atoms with Gasteiger partial charge in [0.2, 0.25) is 0 Å². The fourth-order valence-electron chi connectivity index (χ4n) is 2.79. The smallest absolute Gasteiger partial charge is 0.191 e. The van der Waals surface area contributed by atoms with E-state index < -0.39 is 0 Å². The first-order valence-electron chi connectivity index (χ1n) is 8.18. The van der Waals surface area contributed by atoms with Crippen LogP contribution in [-0.2, 0) is 6.54 Å². The van der Waals surface area contributed by atoms with Crippen LogP contribution in [0.1, 0.15) is 38.2 Å². The van der Waals surface area contributed by atoms with E-state index in [1.165, 1.54) is 31.2 Å². The molecule has 1 aliphatic carbocycles. The minimum absolute atomic E-state index is 0. The molecule has 0 amide bonds. The zero-order chi connectivity index (χ0) is 15.9. The highest BCUT2D eigenvalue weighted by Gasteiger charge is 2.18. The number of rotatable bonds is 4. The lowest BCUT2D eigenvalue weighted by molar-refractivity contribution is 0.329. The molecule has 2 N–H and O–H groups in total. The van der Waals surface area contributed by atoms with E-state index >= 15 is 0 Å². The Morgan fingerprint density at radius 2 is 2.00 bits per heavy atom. The standard InChI is InChI=1S/C17H29N5.HI/c1-13-5-7-15(8-6-13)21-17(18-2)20-12-14-9-10-19-16(11-14)22(3)4;/h9-11,13,15H,5-8,12H2,1-4H3,(H2,18,20,21);1H. The Bertz CT molecular complexity index is 496. The van der Waals surface area contributed by atoms with Gasteiger partial charge in [-0.25, -0.2) is 4.98 Å². The van der Waals surface area contributed by atoms with E-state index in [4.69, 9.17) is 0 Å². The van der Waals surface area contributed by atoms with Crippen LogP contribution < -0.4 is 15.5 Å². The van der Waals surface area contributed by atoms with Crippen LogP contribution in [-0.4, -0.2) is 38.1 Å². The number of nitrogens with zero attached hydrogens (tertiary/aromatic N) is 3. The minimum atomic E-state index is 0. The van der Waals surface area contributed by atoms with Gasteiger partial charge in [0, 0.05) is 39.9 Å². The molecule has 1 aromatic heterocycles. The first-order valence-corrected chi connectivity index (χ1v) is 8.18. The van der Waals surface area contributed by atoms with Gasteiger partial charge in [-0.1, -0.05) is 6.92 Å². The third-order valence-electron chi connectivity index (χ3n) is 4.31. The van der Waals surface area contributed by atoms with Crippen LogP contribution >= 0.6 is 24.0 Å². The number of hydrogen-bond donors (Lipinski definition) is 2. The molecule has 6 heteroatoms. The van der Waals surface area contributed by atoms with E-state index in [2.05, 4.69) is 33.6 Å². The van der Waals surface area contributed by atoms with Crippen LogP contribution in [0.3, 0.4) is 0 Å². The lowest BCUT2D eigenvalue weighted by Gasteiger charge is -2.28. The molecule has 0 bridgehead atoms. The molecule has 1 saturated carbocycles. The number of anilines is 1. The predicted molar refractivity (Wildman–Crippen MR) is 109 cm³/mol. The number of hydrogen-bond acceptors (Lipinski definition) is 3. The molecule has 130 valence electrons. The van der Waals surface area contributed by atoms with Crippen molar-refractivity contribution in [3.8, 4) is 0 Å². The van der Waals surface area contributed by atoms with Gasteiger partial charge in [-0.2, -0.15) is 0 Å². The molecule has 1 aromatic rings. The first kappa shape index (κ1) is 20.0. The lowest BCUT2D eigenvalue weighted by Crippen LogP contribution is -2.44. The number of aliphatic imine (C=N–C) groups is 1. The zero-order valence-electron chi connectivity index (χ0n) is 14.7. The third-order valence-corrected chi connectivity index (χ3v) is 4.31. The highest BCUT2D eigenvalue weighted by Crippen LogP contribution is 2.23. The van der Waals surface area contributed by atoms with Gasteiger partial charge in [-0.05, 0) is 49.3 Å². The van der Waals surface area contributed by atoms with Crippen molar-refractivity contribution in [2.24, 2.45) is 10.9 Å². The molecule has 1 fully saturated rings. The third kappa shape index (κ3) is 6.53. The summed E-state index contributed by atoms with van der Waals surface area (Å²) in [6, 6.07) is 4.69. The van der Waals surface area contributed by atoms with E-state index in [1.54, 1.807) is 0 Å². The Morgan fingerprint density at radius 3 is 2.61 bits per heavy atom. The SMILES string of the molecule is CN=C(NCc1ccnc(N(C)C)c1)NC1CCC(C)CC1.I. The molecule has 0 radical (unpaired) electrons. The average Bonchev–Trinajstić information content (AvgIpc) is 2.53. The Labute approximate surface area is 157 Å². The summed E-state index contributed by atoms with van der Waals surface area (Å²) in [4.78, 5) is 10.7. The number of nitrogens with one attached hydrogen (secondary N) is 2. The normalized spacial score (nSPS) is 21.3. The molecule has 0 unspecified atom stereocenters. The van der Waals surface area contributed by atoms with Crippen LogP contribution in [0.2, 0.25) is 0 Å². The molecule has 1 aliphatic rings. The van der Waals surface area contributed by atoms with Crippen LogP contribution in [0, 0.1) is 5.92 Å². The molecule has 0 aromatic carbocycles. The summed E-state index contributed by atoms with van der Waals surface area (Å²) >= 11 is 0. The summed E-state index contributed by atoms with van der Waals surface area (Å²) < 4.78 is 0. The van der Waals surface area contributed by atoms with E-state index in [9.17, 15) is 0 Å². The molecule has 1 heterocycles. The van der Waals surface area contributed by atoms with Gasteiger partial charge in [0.1, 0.15) is 5.82 Å². The fraction of sp³-hybridized carbons (Fsp3) is 0.647. The second-order valence-electron chi connectivity index (χ2n) is 6.44. The summed E-state index contributed by atoms with van der Waals surface area (Å²) in [6.07, 6.45) is 6.95. The number of aromatic nitrogens is 1. The summed E-state index contributed by atoms with van der Waals surface area (Å²) in [5.41, 5.74) is 1.21. The molecular weight excluding hydrogens is 401 g/mol. The summed E-state index contributed by atoms with van der Waals surface area (Å²) in [6.45, 7) is 3.10. The summed E-state index contributed by atoms with van der Waals surface area (Å²) in [5.74, 6) is 2.74. The zero-order valence-corrected chi connectivity index (χ0v) is 17.0. The topological polar surface area (TPSA) is 52.6 Å². The van der Waals surface area contributed by atoms with Crippen molar-refractivity contribution >= 4 is 35.8 Å². The lowest BCUT2D eigenvalue weighted by atomic mass is 9.87. The van der Waals surface area contributed by atoms with Gasteiger partial charge in [0.05, 0.1) is 0 Å². The number of halogens is 1. The van der Waals surface area contributed by atoms with Gasteiger partial charge in [0.25, 0.3) is 0 Å². The van der Waals surface area contributed by atoms with Crippen molar-refractivity contribution in [1.29, 1.82) is 0 Å². The van der Waals surface area contributed by atoms with Gasteiger partial charge in [-0.3, -0.25) is 4.99 Å². The van der Waals surface area contributed by atoms with Crippen molar-refractivity contribution < 1.29 is 0 Å². The Hall–Kier alpha value is -1.05. The molecule has 5 nitrogen and oxygen atoms in total. The van der Waals surface area contributed by atoms with E-state index in [1.807, 2.05) is 38.3 Å². The first-order chi connectivity index (χ1) is 10.6. The maximum Gasteiger partial charge on any atom is 0.191 e. The molecule has 0 saturated heterocycles. The number of pyridine rings is 1. The van der Waals surface area contributed by atoms with Gasteiger partial charge in [0.15, 0.2) is 5.96 Å². The Kier molecular flexibility index (Phi) is 8.65. The van der Waals surface area contributed by atoms with E-state index in [0.29, 0.717) is 6.04 Å². The molecule has 0 atom stereocenters. The van der Waals surface area contributed by atoms with E-state index in [-0.39, 0.29) is 24.0 Å². The van der Waals surface area contributed by atoms with Crippen LogP contribution in [0.25, 0.3) is 0 Å². The second-order valence-corrected chi connectivity index (χ2v) is 6.44. The summed E-state index contributed by atoms with van der Waals surface area (Å²) in [7, 11) is 5.84. The van der Waals surface area contributed by atoms with Crippen LogP contribution in [0.5, 0.6) is 0 Å².